The van der Waals surface area contributed by atoms with Gasteiger partial charge < -0.3 is 14.6 Å². The number of ether oxygens (including phenoxy) is 1. The van der Waals surface area contributed by atoms with Crippen LogP contribution in [0.25, 0.3) is 11.4 Å². The summed E-state index contributed by atoms with van der Waals surface area (Å²) in [5.74, 6) is -0.412. The Bertz CT molecular complexity index is 1130. The molecule has 1 fully saturated rings. The van der Waals surface area contributed by atoms with Gasteiger partial charge in [0, 0.05) is 17.8 Å². The molecule has 1 aliphatic heterocycles. The lowest BCUT2D eigenvalue weighted by Gasteiger charge is -2.34. The molecule has 7 nitrogen and oxygen atoms in total. The number of likely N-dealkylation sites (tertiary alicyclic amines) is 1. The molecule has 2 aromatic carbocycles. The molecule has 0 aliphatic carbocycles. The molecular weight excluding hydrogens is 456 g/mol. The maximum absolute atomic E-state index is 13.5. The number of carbonyl (C=O) groups is 1. The molecule has 2 atom stereocenters. The summed E-state index contributed by atoms with van der Waals surface area (Å²) in [5, 5.41) is 6.67. The van der Waals surface area contributed by atoms with Gasteiger partial charge in [0.2, 0.25) is 17.6 Å². The van der Waals surface area contributed by atoms with Gasteiger partial charge >= 0.3 is 6.36 Å². The van der Waals surface area contributed by atoms with Crippen molar-refractivity contribution in [2.75, 3.05) is 18.4 Å². The predicted molar refractivity (Wildman–Crippen MR) is 114 cm³/mol. The Morgan fingerprint density at radius 2 is 2.00 bits per heavy atom. The number of nitrogens with one attached hydrogen (secondary N) is 1. The number of hydrogen-bond acceptors (Lipinski definition) is 6. The first-order valence-corrected chi connectivity index (χ1v) is 10.7. The number of rotatable bonds is 6. The van der Waals surface area contributed by atoms with E-state index in [1.165, 1.54) is 24.3 Å². The van der Waals surface area contributed by atoms with Crippen LogP contribution in [0, 0.1) is 5.82 Å². The van der Waals surface area contributed by atoms with Crippen molar-refractivity contribution in [2.45, 2.75) is 38.1 Å². The van der Waals surface area contributed by atoms with Gasteiger partial charge in [0.15, 0.2) is 0 Å². The van der Waals surface area contributed by atoms with Gasteiger partial charge in [-0.05, 0) is 62.7 Å². The van der Waals surface area contributed by atoms with Gasteiger partial charge in [-0.25, -0.2) is 4.39 Å². The van der Waals surface area contributed by atoms with Crippen molar-refractivity contribution in [2.24, 2.45) is 0 Å². The standard InChI is InChI=1S/C23H22F4N4O3/c1-14(21(32)28-18-7-9-19(10-8-18)33-23(25,26)27)31-11-3-5-16(13-31)22-29-20(30-34-22)15-4-2-6-17(24)12-15/h2,4,6-10,12,14,16H,3,5,11,13H2,1H3,(H,28,32). The number of alkyl halides is 3. The average molecular weight is 478 g/mol. The maximum Gasteiger partial charge on any atom is 0.573 e. The smallest absolute Gasteiger partial charge is 0.406 e. The lowest BCUT2D eigenvalue weighted by molar-refractivity contribution is -0.274. The highest BCUT2D eigenvalue weighted by Crippen LogP contribution is 2.29. The molecule has 11 heteroatoms. The number of anilines is 1. The van der Waals surface area contributed by atoms with E-state index in [4.69, 9.17) is 4.52 Å². The molecule has 2 unspecified atom stereocenters. The van der Waals surface area contributed by atoms with Crippen LogP contribution in [0.3, 0.4) is 0 Å². The van der Waals surface area contributed by atoms with Crippen molar-refractivity contribution < 1.29 is 31.6 Å². The van der Waals surface area contributed by atoms with Gasteiger partial charge in [0.1, 0.15) is 11.6 Å². The highest BCUT2D eigenvalue weighted by Gasteiger charge is 2.32. The van der Waals surface area contributed by atoms with Crippen LogP contribution in [0.15, 0.2) is 53.1 Å². The highest BCUT2D eigenvalue weighted by molar-refractivity contribution is 5.94. The Morgan fingerprint density at radius 1 is 1.24 bits per heavy atom. The zero-order chi connectivity index (χ0) is 24.3. The molecular formula is C23H22F4N4O3. The second-order valence-electron chi connectivity index (χ2n) is 8.04. The fourth-order valence-electron chi connectivity index (χ4n) is 3.86. The average Bonchev–Trinajstić information content (AvgIpc) is 3.29. The fourth-order valence-corrected chi connectivity index (χ4v) is 3.86. The number of hydrogen-bond donors (Lipinski definition) is 1. The van der Waals surface area contributed by atoms with Crippen LogP contribution in [-0.4, -0.2) is 46.4 Å². The van der Waals surface area contributed by atoms with Crippen LogP contribution in [0.1, 0.15) is 31.6 Å². The van der Waals surface area contributed by atoms with Crippen LogP contribution in [0.2, 0.25) is 0 Å². The first-order valence-electron chi connectivity index (χ1n) is 10.7. The predicted octanol–water partition coefficient (Wildman–Crippen LogP) is 4.98. The number of nitrogens with zero attached hydrogens (tertiary/aromatic N) is 3. The van der Waals surface area contributed by atoms with E-state index >= 15 is 0 Å². The van der Waals surface area contributed by atoms with E-state index < -0.39 is 18.2 Å². The Hall–Kier alpha value is -3.47. The first kappa shape index (κ1) is 23.7. The number of piperidine rings is 1. The summed E-state index contributed by atoms with van der Waals surface area (Å²) < 4.78 is 59.6. The molecule has 1 amide bonds. The summed E-state index contributed by atoms with van der Waals surface area (Å²) in [4.78, 5) is 19.1. The quantitative estimate of drug-likeness (QED) is 0.504. The molecule has 0 bridgehead atoms. The second-order valence-corrected chi connectivity index (χ2v) is 8.04. The Morgan fingerprint density at radius 3 is 2.71 bits per heavy atom. The number of carbonyl (C=O) groups excluding carboxylic acids is 1. The van der Waals surface area contributed by atoms with E-state index in [1.54, 1.807) is 19.1 Å². The van der Waals surface area contributed by atoms with Crippen LogP contribution < -0.4 is 10.1 Å². The van der Waals surface area contributed by atoms with Crippen molar-refractivity contribution in [3.05, 3.63) is 60.2 Å². The van der Waals surface area contributed by atoms with Gasteiger partial charge in [0.05, 0.1) is 12.0 Å². The molecule has 3 aromatic rings. The lowest BCUT2D eigenvalue weighted by atomic mass is 9.96. The molecule has 4 rings (SSSR count). The second kappa shape index (κ2) is 9.80. The van der Waals surface area contributed by atoms with Gasteiger partial charge in [-0.1, -0.05) is 17.3 Å². The third kappa shape index (κ3) is 5.90. The molecule has 34 heavy (non-hydrogen) atoms. The molecule has 1 aliphatic rings. The summed E-state index contributed by atoms with van der Waals surface area (Å²) in [6.07, 6.45) is -3.17. The Balaban J connectivity index is 1.37. The fraction of sp³-hybridized carbons (Fsp3) is 0.348. The summed E-state index contributed by atoms with van der Waals surface area (Å²) in [7, 11) is 0. The van der Waals surface area contributed by atoms with E-state index in [9.17, 15) is 22.4 Å². The minimum atomic E-state index is -4.78. The molecule has 1 aromatic heterocycles. The van der Waals surface area contributed by atoms with Crippen molar-refractivity contribution in [1.82, 2.24) is 15.0 Å². The largest absolute Gasteiger partial charge is 0.573 e. The number of aromatic nitrogens is 2. The lowest BCUT2D eigenvalue weighted by Crippen LogP contribution is -2.46. The first-order chi connectivity index (χ1) is 16.2. The monoisotopic (exact) mass is 478 g/mol. The third-order valence-electron chi connectivity index (χ3n) is 5.61. The summed E-state index contributed by atoms with van der Waals surface area (Å²) in [6, 6.07) is 10.4. The number of halogens is 4. The summed E-state index contributed by atoms with van der Waals surface area (Å²) >= 11 is 0. The van der Waals surface area contributed by atoms with Crippen molar-refractivity contribution in [1.29, 1.82) is 0 Å². The molecule has 1 N–H and O–H groups in total. The van der Waals surface area contributed by atoms with Crippen molar-refractivity contribution in [3.63, 3.8) is 0 Å². The minimum Gasteiger partial charge on any atom is -0.406 e. The van der Waals surface area contributed by atoms with Crippen LogP contribution in [-0.2, 0) is 4.79 Å². The molecule has 1 saturated heterocycles. The summed E-state index contributed by atoms with van der Waals surface area (Å²) in [6.45, 7) is 2.96. The molecule has 0 radical (unpaired) electrons. The van der Waals surface area contributed by atoms with Gasteiger partial charge in [-0.2, -0.15) is 4.98 Å². The molecule has 2 heterocycles. The zero-order valence-electron chi connectivity index (χ0n) is 18.2. The van der Waals surface area contributed by atoms with E-state index in [2.05, 4.69) is 20.2 Å². The number of benzene rings is 2. The van der Waals surface area contributed by atoms with Crippen LogP contribution >= 0.6 is 0 Å². The van der Waals surface area contributed by atoms with E-state index in [0.29, 0.717) is 36.1 Å². The third-order valence-corrected chi connectivity index (χ3v) is 5.61. The zero-order valence-corrected chi connectivity index (χ0v) is 18.2. The van der Waals surface area contributed by atoms with Crippen molar-refractivity contribution >= 4 is 11.6 Å². The van der Waals surface area contributed by atoms with Gasteiger partial charge in [-0.3, -0.25) is 9.69 Å². The van der Waals surface area contributed by atoms with E-state index in [-0.39, 0.29) is 17.6 Å². The molecule has 180 valence electrons. The van der Waals surface area contributed by atoms with E-state index in [0.717, 1.165) is 25.0 Å². The Labute approximate surface area is 192 Å². The van der Waals surface area contributed by atoms with Gasteiger partial charge in [-0.15, -0.1) is 13.2 Å². The van der Waals surface area contributed by atoms with E-state index in [1.807, 2.05) is 4.90 Å². The topological polar surface area (TPSA) is 80.5 Å². The van der Waals surface area contributed by atoms with Crippen LogP contribution in [0.5, 0.6) is 5.75 Å². The summed E-state index contributed by atoms with van der Waals surface area (Å²) in [5.41, 5.74) is 0.874. The SMILES string of the molecule is CC(C(=O)Nc1ccc(OC(F)(F)F)cc1)N1CCCC(c2nc(-c3cccc(F)c3)no2)C1. The minimum absolute atomic E-state index is 0.0855. The number of amides is 1. The normalized spacial score (nSPS) is 17.9. The highest BCUT2D eigenvalue weighted by atomic mass is 19.4. The Kier molecular flexibility index (Phi) is 6.82. The van der Waals surface area contributed by atoms with Crippen LogP contribution in [0.4, 0.5) is 23.2 Å². The maximum atomic E-state index is 13.5. The van der Waals surface area contributed by atoms with Gasteiger partial charge in [0.25, 0.3) is 0 Å². The van der Waals surface area contributed by atoms with Crippen molar-refractivity contribution in [3.8, 4) is 17.1 Å². The molecule has 0 saturated carbocycles. The molecule has 0 spiro atoms.